The van der Waals surface area contributed by atoms with Gasteiger partial charge in [-0.1, -0.05) is 6.07 Å². The summed E-state index contributed by atoms with van der Waals surface area (Å²) in [6.07, 6.45) is -8.83. The van der Waals surface area contributed by atoms with Gasteiger partial charge in [-0.3, -0.25) is 10.1 Å². The maximum atomic E-state index is 12.6. The lowest BCUT2D eigenvalue weighted by Gasteiger charge is -2.16. The van der Waals surface area contributed by atoms with Crippen molar-refractivity contribution < 1.29 is 27.2 Å². The first-order valence-electron chi connectivity index (χ1n) is 4.34. The molecule has 0 unspecified atom stereocenters. The largest absolute Gasteiger partial charge is 0.461 e. The lowest BCUT2D eigenvalue weighted by Crippen LogP contribution is -2.33. The Balaban J connectivity index is 3.11. The van der Waals surface area contributed by atoms with Crippen LogP contribution in [0.25, 0.3) is 0 Å². The second kappa shape index (κ2) is 4.56. The van der Waals surface area contributed by atoms with Crippen molar-refractivity contribution in [3.63, 3.8) is 0 Å². The maximum absolute atomic E-state index is 12.6. The van der Waals surface area contributed by atoms with E-state index in [0.717, 1.165) is 12.1 Å². The smallest absolute Gasteiger partial charge is 0.421 e. The van der Waals surface area contributed by atoms with Crippen LogP contribution in [0.4, 0.5) is 23.2 Å². The molecule has 0 atom stereocenters. The predicted molar refractivity (Wildman–Crippen MR) is 49.4 cm³/mol. The van der Waals surface area contributed by atoms with Crippen LogP contribution in [0.1, 0.15) is 5.56 Å². The zero-order valence-electron chi connectivity index (χ0n) is 8.49. The van der Waals surface area contributed by atoms with Crippen LogP contribution in [0.2, 0.25) is 0 Å². The minimum atomic E-state index is -4.76. The monoisotopic (exact) mass is 253 g/mol. The zero-order valence-corrected chi connectivity index (χ0v) is 8.49. The molecule has 4 nitrogen and oxygen atoms in total. The molecule has 0 radical (unpaired) electrons. The van der Waals surface area contributed by atoms with E-state index < -0.39 is 28.9 Å². The van der Waals surface area contributed by atoms with Crippen LogP contribution in [-0.4, -0.2) is 17.5 Å². The highest BCUT2D eigenvalue weighted by molar-refractivity contribution is 5.48. The number of benzene rings is 1. The summed E-state index contributed by atoms with van der Waals surface area (Å²) in [5.74, 6) is -0.897. The molecule has 0 amide bonds. The normalized spacial score (nSPS) is 11.6. The van der Waals surface area contributed by atoms with Crippen molar-refractivity contribution in [3.8, 4) is 5.75 Å². The highest BCUT2D eigenvalue weighted by Crippen LogP contribution is 2.34. The summed E-state index contributed by atoms with van der Waals surface area (Å²) in [5, 5.41) is 10.5. The van der Waals surface area contributed by atoms with E-state index in [1.165, 1.54) is 13.0 Å². The third kappa shape index (κ3) is 3.05. The third-order valence-electron chi connectivity index (χ3n) is 1.81. The van der Waals surface area contributed by atoms with E-state index in [2.05, 4.69) is 4.74 Å². The quantitative estimate of drug-likeness (QED) is 0.470. The minimum Gasteiger partial charge on any atom is -0.421 e. The number of nitro benzene ring substituents is 1. The molecule has 0 aliphatic rings. The number of alkyl halides is 4. The second-order valence-corrected chi connectivity index (χ2v) is 3.19. The first-order valence-corrected chi connectivity index (χ1v) is 4.34. The Hall–Kier alpha value is -1.86. The standard InChI is InChI=1S/C9H7F4NO3/c1-5-2-3-7(6(4-5)14(15)16)17-9(12,13)8(10)11/h2-4,8H,1H3. The Morgan fingerprint density at radius 2 is 2.00 bits per heavy atom. The van der Waals surface area contributed by atoms with Gasteiger partial charge in [0.1, 0.15) is 0 Å². The van der Waals surface area contributed by atoms with Crippen molar-refractivity contribution in [1.82, 2.24) is 0 Å². The molecule has 1 aromatic carbocycles. The highest BCUT2D eigenvalue weighted by atomic mass is 19.3. The predicted octanol–water partition coefficient (Wildman–Crippen LogP) is 3.14. The van der Waals surface area contributed by atoms with Crippen molar-refractivity contribution >= 4 is 5.69 Å². The number of ether oxygens (including phenoxy) is 1. The van der Waals surface area contributed by atoms with Crippen LogP contribution < -0.4 is 4.74 Å². The SMILES string of the molecule is Cc1ccc(OC(F)(F)C(F)F)c([N+](=O)[O-])c1. The molecule has 94 valence electrons. The number of aryl methyl sites for hydroxylation is 1. The van der Waals surface area contributed by atoms with Gasteiger partial charge >= 0.3 is 18.2 Å². The maximum Gasteiger partial charge on any atom is 0.461 e. The van der Waals surface area contributed by atoms with E-state index in [9.17, 15) is 27.7 Å². The van der Waals surface area contributed by atoms with E-state index in [1.54, 1.807) is 0 Å². The van der Waals surface area contributed by atoms with E-state index in [-0.39, 0.29) is 0 Å². The summed E-state index contributed by atoms with van der Waals surface area (Å²) in [7, 11) is 0. The Morgan fingerprint density at radius 1 is 1.41 bits per heavy atom. The molecular formula is C9H7F4NO3. The van der Waals surface area contributed by atoms with E-state index in [0.29, 0.717) is 5.56 Å². The molecule has 1 aromatic rings. The summed E-state index contributed by atoms with van der Waals surface area (Å²) >= 11 is 0. The molecule has 0 aliphatic carbocycles. The summed E-state index contributed by atoms with van der Waals surface area (Å²) < 4.78 is 52.6. The number of rotatable bonds is 4. The molecule has 17 heavy (non-hydrogen) atoms. The number of hydrogen-bond acceptors (Lipinski definition) is 3. The minimum absolute atomic E-state index is 0.421. The number of nitro groups is 1. The summed E-state index contributed by atoms with van der Waals surface area (Å²) in [6.45, 7) is 1.49. The van der Waals surface area contributed by atoms with Crippen molar-refractivity contribution in [2.24, 2.45) is 0 Å². The van der Waals surface area contributed by atoms with Gasteiger partial charge in [0.2, 0.25) is 5.75 Å². The Morgan fingerprint density at radius 3 is 2.47 bits per heavy atom. The molecule has 0 spiro atoms. The number of halogens is 4. The van der Waals surface area contributed by atoms with Crippen molar-refractivity contribution in [2.75, 3.05) is 0 Å². The summed E-state index contributed by atoms with van der Waals surface area (Å²) in [5.41, 5.74) is -0.366. The van der Waals surface area contributed by atoms with Gasteiger partial charge in [-0.25, -0.2) is 0 Å². The molecule has 0 aliphatic heterocycles. The molecule has 1 rings (SSSR count). The van der Waals surface area contributed by atoms with Gasteiger partial charge < -0.3 is 4.74 Å². The van der Waals surface area contributed by atoms with Crippen LogP contribution >= 0.6 is 0 Å². The van der Waals surface area contributed by atoms with Gasteiger partial charge in [0, 0.05) is 6.07 Å². The Kier molecular flexibility index (Phi) is 3.54. The fourth-order valence-electron chi connectivity index (χ4n) is 1.05. The molecular weight excluding hydrogens is 246 g/mol. The topological polar surface area (TPSA) is 52.4 Å². The van der Waals surface area contributed by atoms with Crippen molar-refractivity contribution in [2.45, 2.75) is 19.5 Å². The first kappa shape index (κ1) is 13.2. The second-order valence-electron chi connectivity index (χ2n) is 3.19. The Bertz CT molecular complexity index is 436. The fourth-order valence-corrected chi connectivity index (χ4v) is 1.05. The molecule has 8 heteroatoms. The first-order chi connectivity index (χ1) is 7.74. The van der Waals surface area contributed by atoms with E-state index in [1.807, 2.05) is 0 Å². The molecule has 0 aromatic heterocycles. The van der Waals surface area contributed by atoms with Crippen LogP contribution in [0.15, 0.2) is 18.2 Å². The molecule has 0 heterocycles. The number of hydrogen-bond donors (Lipinski definition) is 0. The van der Waals surface area contributed by atoms with Crippen LogP contribution in [-0.2, 0) is 0 Å². The average Bonchev–Trinajstić information content (AvgIpc) is 2.19. The van der Waals surface area contributed by atoms with Gasteiger partial charge in [0.05, 0.1) is 4.92 Å². The van der Waals surface area contributed by atoms with Crippen molar-refractivity contribution in [1.29, 1.82) is 0 Å². The van der Waals surface area contributed by atoms with Gasteiger partial charge in [0.25, 0.3) is 0 Å². The van der Waals surface area contributed by atoms with Gasteiger partial charge in [0.15, 0.2) is 0 Å². The van der Waals surface area contributed by atoms with Gasteiger partial charge in [-0.05, 0) is 18.6 Å². The van der Waals surface area contributed by atoms with Gasteiger partial charge in [-0.15, -0.1) is 0 Å². The lowest BCUT2D eigenvalue weighted by atomic mass is 10.2. The molecule has 0 bridgehead atoms. The fraction of sp³-hybridized carbons (Fsp3) is 0.333. The average molecular weight is 253 g/mol. The third-order valence-corrected chi connectivity index (χ3v) is 1.81. The molecule has 0 N–H and O–H groups in total. The summed E-state index contributed by atoms with van der Waals surface area (Å²) in [4.78, 5) is 9.54. The van der Waals surface area contributed by atoms with E-state index >= 15 is 0 Å². The molecule has 0 fully saturated rings. The molecule has 0 saturated carbocycles. The van der Waals surface area contributed by atoms with Gasteiger partial charge in [-0.2, -0.15) is 17.6 Å². The van der Waals surface area contributed by atoms with Crippen molar-refractivity contribution in [3.05, 3.63) is 33.9 Å². The van der Waals surface area contributed by atoms with E-state index in [4.69, 9.17) is 0 Å². The van der Waals surface area contributed by atoms with Crippen LogP contribution in [0.5, 0.6) is 5.75 Å². The van der Waals surface area contributed by atoms with Crippen LogP contribution in [0, 0.1) is 17.0 Å². The zero-order chi connectivity index (χ0) is 13.2. The highest BCUT2D eigenvalue weighted by Gasteiger charge is 2.45. The number of nitrogens with zero attached hydrogens (tertiary/aromatic N) is 1. The lowest BCUT2D eigenvalue weighted by molar-refractivity contribution is -0.387. The summed E-state index contributed by atoms with van der Waals surface area (Å²) in [6, 6.07) is 3.05. The Labute approximate surface area is 93.0 Å². The van der Waals surface area contributed by atoms with Crippen LogP contribution in [0.3, 0.4) is 0 Å². The molecule has 0 saturated heterocycles.